The third-order valence-corrected chi connectivity index (χ3v) is 4.78. The lowest BCUT2D eigenvalue weighted by Crippen LogP contribution is -2.38. The van der Waals surface area contributed by atoms with E-state index >= 15 is 0 Å². The summed E-state index contributed by atoms with van der Waals surface area (Å²) < 4.78 is 10.6. The number of rotatable bonds is 6. The van der Waals surface area contributed by atoms with Crippen LogP contribution in [0.5, 0.6) is 11.5 Å². The van der Waals surface area contributed by atoms with Gasteiger partial charge in [-0.05, 0) is 60.5 Å². The number of ether oxygens (including phenoxy) is 2. The lowest BCUT2D eigenvalue weighted by molar-refractivity contribution is -0.113. The first-order valence-corrected chi connectivity index (χ1v) is 9.59. The van der Waals surface area contributed by atoms with Crippen molar-refractivity contribution in [2.75, 3.05) is 33.9 Å². The minimum Gasteiger partial charge on any atom is -0.497 e. The largest absolute Gasteiger partial charge is 0.497 e. The van der Waals surface area contributed by atoms with Crippen molar-refractivity contribution in [2.45, 2.75) is 13.3 Å². The Kier molecular flexibility index (Phi) is 6.66. The molecule has 0 atom stereocenters. The van der Waals surface area contributed by atoms with Crippen LogP contribution in [0.15, 0.2) is 59.7 Å². The molecule has 0 bridgehead atoms. The highest BCUT2D eigenvalue weighted by Gasteiger charge is 2.25. The number of benzene rings is 2. The number of piperidine rings is 1. The van der Waals surface area contributed by atoms with E-state index in [1.54, 1.807) is 14.2 Å². The Hall–Kier alpha value is -2.85. The molecule has 3 rings (SSSR count). The molecule has 0 amide bonds. The van der Waals surface area contributed by atoms with E-state index in [2.05, 4.69) is 11.8 Å². The number of nitrogens with zero attached hydrogens (tertiary/aromatic N) is 1. The van der Waals surface area contributed by atoms with Gasteiger partial charge >= 0.3 is 0 Å². The molecular weight excluding hydrogens is 350 g/mol. The summed E-state index contributed by atoms with van der Waals surface area (Å²) >= 11 is 0. The maximum atomic E-state index is 13.2. The molecule has 2 aromatic carbocycles. The monoisotopic (exact) mass is 377 g/mol. The average molecular weight is 377 g/mol. The molecule has 2 aromatic rings. The van der Waals surface area contributed by atoms with E-state index < -0.39 is 0 Å². The van der Waals surface area contributed by atoms with E-state index in [1.807, 2.05) is 60.7 Å². The van der Waals surface area contributed by atoms with E-state index in [0.717, 1.165) is 46.7 Å². The molecule has 4 heteroatoms. The number of carbonyl (C=O) groups excluding carboxylic acids is 1. The highest BCUT2D eigenvalue weighted by Crippen LogP contribution is 2.24. The molecule has 28 heavy (non-hydrogen) atoms. The van der Waals surface area contributed by atoms with Gasteiger partial charge in [0.05, 0.1) is 14.2 Å². The maximum Gasteiger partial charge on any atom is 0.187 e. The number of Topliss-reactive ketones (excluding diaryl/α,β-unsaturated/α-hetero) is 1. The van der Waals surface area contributed by atoms with Gasteiger partial charge < -0.3 is 9.47 Å². The summed E-state index contributed by atoms with van der Waals surface area (Å²) in [5, 5.41) is 0. The lowest BCUT2D eigenvalue weighted by atomic mass is 9.94. The SMILES string of the molecule is CCCN1C/C(=C\c2cccc(OC)c2)C(=O)/C(=C/c2cccc(OC)c2)C1. The van der Waals surface area contributed by atoms with Gasteiger partial charge in [-0.15, -0.1) is 0 Å². The summed E-state index contributed by atoms with van der Waals surface area (Å²) in [6.07, 6.45) is 5.01. The van der Waals surface area contributed by atoms with Crippen LogP contribution < -0.4 is 9.47 Å². The third-order valence-electron chi connectivity index (χ3n) is 4.78. The Morgan fingerprint density at radius 3 is 1.82 bits per heavy atom. The molecule has 0 N–H and O–H groups in total. The van der Waals surface area contributed by atoms with Crippen LogP contribution in [0.25, 0.3) is 12.2 Å². The van der Waals surface area contributed by atoms with Crippen molar-refractivity contribution in [3.63, 3.8) is 0 Å². The van der Waals surface area contributed by atoms with Crippen LogP contribution in [0.3, 0.4) is 0 Å². The van der Waals surface area contributed by atoms with Crippen LogP contribution in [0.4, 0.5) is 0 Å². The van der Waals surface area contributed by atoms with Crippen LogP contribution in [-0.4, -0.2) is 44.5 Å². The predicted molar refractivity (Wildman–Crippen MR) is 114 cm³/mol. The summed E-state index contributed by atoms with van der Waals surface area (Å²) in [6.45, 7) is 4.45. The Bertz CT molecular complexity index is 829. The van der Waals surface area contributed by atoms with Crippen molar-refractivity contribution < 1.29 is 14.3 Å². The highest BCUT2D eigenvalue weighted by atomic mass is 16.5. The molecule has 146 valence electrons. The predicted octanol–water partition coefficient (Wildman–Crippen LogP) is 4.47. The fourth-order valence-corrected chi connectivity index (χ4v) is 3.45. The molecule has 0 aliphatic carbocycles. The second-order valence-electron chi connectivity index (χ2n) is 6.93. The minimum absolute atomic E-state index is 0.109. The van der Waals surface area contributed by atoms with E-state index in [9.17, 15) is 4.79 Å². The molecule has 0 unspecified atom stereocenters. The Morgan fingerprint density at radius 2 is 1.39 bits per heavy atom. The molecule has 1 saturated heterocycles. The van der Waals surface area contributed by atoms with Crippen molar-refractivity contribution in [2.24, 2.45) is 0 Å². The summed E-state index contributed by atoms with van der Waals surface area (Å²) in [7, 11) is 3.30. The van der Waals surface area contributed by atoms with Crippen molar-refractivity contribution in [1.82, 2.24) is 4.90 Å². The first-order valence-electron chi connectivity index (χ1n) is 9.59. The zero-order valence-electron chi connectivity index (χ0n) is 16.8. The van der Waals surface area contributed by atoms with Gasteiger partial charge in [-0.3, -0.25) is 9.69 Å². The molecule has 1 heterocycles. The van der Waals surface area contributed by atoms with Crippen LogP contribution in [-0.2, 0) is 4.79 Å². The molecule has 1 aliphatic heterocycles. The normalized spacial score (nSPS) is 17.9. The Labute approximate surface area is 167 Å². The topological polar surface area (TPSA) is 38.8 Å². The van der Waals surface area contributed by atoms with Gasteiger partial charge in [-0.2, -0.15) is 0 Å². The average Bonchev–Trinajstić information content (AvgIpc) is 2.72. The van der Waals surface area contributed by atoms with Crippen molar-refractivity contribution >= 4 is 17.9 Å². The number of hydrogen-bond donors (Lipinski definition) is 0. The lowest BCUT2D eigenvalue weighted by Gasteiger charge is -2.29. The van der Waals surface area contributed by atoms with Crippen molar-refractivity contribution in [3.8, 4) is 11.5 Å². The molecule has 0 spiro atoms. The summed E-state index contributed by atoms with van der Waals surface area (Å²) in [5.41, 5.74) is 3.56. The molecule has 0 aromatic heterocycles. The summed E-state index contributed by atoms with van der Waals surface area (Å²) in [5.74, 6) is 1.68. The quantitative estimate of drug-likeness (QED) is 0.697. The fourth-order valence-electron chi connectivity index (χ4n) is 3.45. The van der Waals surface area contributed by atoms with Gasteiger partial charge in [0.15, 0.2) is 5.78 Å². The van der Waals surface area contributed by atoms with Crippen LogP contribution in [0.1, 0.15) is 24.5 Å². The molecule has 1 aliphatic rings. The summed E-state index contributed by atoms with van der Waals surface area (Å²) in [6, 6.07) is 15.6. The summed E-state index contributed by atoms with van der Waals surface area (Å²) in [4.78, 5) is 15.5. The Balaban J connectivity index is 1.95. The number of likely N-dealkylation sites (tertiary alicyclic amines) is 1. The van der Waals surface area contributed by atoms with E-state index in [1.165, 1.54) is 0 Å². The van der Waals surface area contributed by atoms with E-state index in [0.29, 0.717) is 13.1 Å². The number of ketones is 1. The van der Waals surface area contributed by atoms with Gasteiger partial charge in [-0.1, -0.05) is 31.2 Å². The molecule has 0 radical (unpaired) electrons. The van der Waals surface area contributed by atoms with Crippen LogP contribution >= 0.6 is 0 Å². The van der Waals surface area contributed by atoms with Crippen molar-refractivity contribution in [1.29, 1.82) is 0 Å². The zero-order valence-corrected chi connectivity index (χ0v) is 16.8. The highest BCUT2D eigenvalue weighted by molar-refractivity contribution is 6.14. The number of hydrogen-bond acceptors (Lipinski definition) is 4. The smallest absolute Gasteiger partial charge is 0.187 e. The van der Waals surface area contributed by atoms with Crippen LogP contribution in [0, 0.1) is 0 Å². The van der Waals surface area contributed by atoms with Crippen LogP contribution in [0.2, 0.25) is 0 Å². The molecular formula is C24H27NO3. The first-order chi connectivity index (χ1) is 13.6. The van der Waals surface area contributed by atoms with Gasteiger partial charge in [0, 0.05) is 24.2 Å². The number of methoxy groups -OCH3 is 2. The molecule has 1 fully saturated rings. The fraction of sp³-hybridized carbons (Fsp3) is 0.292. The van der Waals surface area contributed by atoms with Gasteiger partial charge in [0.2, 0.25) is 0 Å². The molecule has 4 nitrogen and oxygen atoms in total. The third kappa shape index (κ3) is 4.90. The minimum atomic E-state index is 0.109. The second-order valence-corrected chi connectivity index (χ2v) is 6.93. The van der Waals surface area contributed by atoms with Gasteiger partial charge in [0.1, 0.15) is 11.5 Å². The maximum absolute atomic E-state index is 13.2. The Morgan fingerprint density at radius 1 is 0.893 bits per heavy atom. The zero-order chi connectivity index (χ0) is 19.9. The standard InChI is InChI=1S/C24H27NO3/c1-4-11-25-16-20(12-18-7-5-9-22(14-18)27-2)24(26)21(17-25)13-19-8-6-10-23(15-19)28-3/h5-10,12-15H,4,11,16-17H2,1-3H3/b20-12+,21-13+. The van der Waals surface area contributed by atoms with Gasteiger partial charge in [-0.25, -0.2) is 0 Å². The second kappa shape index (κ2) is 9.38. The van der Waals surface area contributed by atoms with E-state index in [-0.39, 0.29) is 5.78 Å². The van der Waals surface area contributed by atoms with Gasteiger partial charge in [0.25, 0.3) is 0 Å². The number of carbonyl (C=O) groups is 1. The molecule has 0 saturated carbocycles. The van der Waals surface area contributed by atoms with Crippen molar-refractivity contribution in [3.05, 3.63) is 70.8 Å². The van der Waals surface area contributed by atoms with E-state index in [4.69, 9.17) is 9.47 Å². The first kappa shape index (κ1) is 19.9.